The van der Waals surface area contributed by atoms with Crippen molar-refractivity contribution in [3.63, 3.8) is 0 Å². The van der Waals surface area contributed by atoms with Crippen LogP contribution >= 0.6 is 11.8 Å². The molecule has 3 aromatic heterocycles. The first kappa shape index (κ1) is 14.5. The van der Waals surface area contributed by atoms with Crippen LogP contribution in [-0.2, 0) is 13.1 Å². The first-order chi connectivity index (χ1) is 12.4. The standard InChI is InChI=1S/C18H16N6S/c1-3-14(11-16(4-1)24-7-2-5-20-24)17-19-6-8-22(17)12-15-13-23-9-10-25-18(23)21-15/h1-8,11,13H,9-10,12H2. The van der Waals surface area contributed by atoms with Gasteiger partial charge < -0.3 is 9.13 Å². The average Bonchev–Trinajstić information content (AvgIpc) is 3.40. The van der Waals surface area contributed by atoms with E-state index in [1.165, 1.54) is 0 Å². The van der Waals surface area contributed by atoms with Crippen molar-refractivity contribution in [2.75, 3.05) is 5.75 Å². The van der Waals surface area contributed by atoms with Gasteiger partial charge in [-0.15, -0.1) is 0 Å². The van der Waals surface area contributed by atoms with E-state index in [4.69, 9.17) is 4.98 Å². The molecule has 0 atom stereocenters. The van der Waals surface area contributed by atoms with Crippen LogP contribution in [0.5, 0.6) is 0 Å². The molecule has 0 bridgehead atoms. The third-order valence-electron chi connectivity index (χ3n) is 4.27. The van der Waals surface area contributed by atoms with Gasteiger partial charge in [0.05, 0.1) is 17.9 Å². The maximum Gasteiger partial charge on any atom is 0.168 e. The number of aromatic nitrogens is 6. The van der Waals surface area contributed by atoms with Crippen LogP contribution in [0, 0.1) is 0 Å². The highest BCUT2D eigenvalue weighted by molar-refractivity contribution is 7.99. The first-order valence-corrected chi connectivity index (χ1v) is 9.16. The van der Waals surface area contributed by atoms with Crippen molar-refractivity contribution in [2.24, 2.45) is 0 Å². The van der Waals surface area contributed by atoms with E-state index in [9.17, 15) is 0 Å². The summed E-state index contributed by atoms with van der Waals surface area (Å²) in [7, 11) is 0. The van der Waals surface area contributed by atoms with E-state index >= 15 is 0 Å². The van der Waals surface area contributed by atoms with Gasteiger partial charge in [-0.3, -0.25) is 0 Å². The summed E-state index contributed by atoms with van der Waals surface area (Å²) in [6.45, 7) is 1.78. The molecular formula is C18H16N6S. The van der Waals surface area contributed by atoms with Gasteiger partial charge >= 0.3 is 0 Å². The predicted molar refractivity (Wildman–Crippen MR) is 96.8 cm³/mol. The molecular weight excluding hydrogens is 332 g/mol. The van der Waals surface area contributed by atoms with Gasteiger partial charge in [-0.25, -0.2) is 14.6 Å². The fraction of sp³-hybridized carbons (Fsp3) is 0.167. The van der Waals surface area contributed by atoms with Crippen molar-refractivity contribution >= 4 is 11.8 Å². The number of aryl methyl sites for hydroxylation is 1. The molecule has 0 spiro atoms. The van der Waals surface area contributed by atoms with Crippen LogP contribution in [0.1, 0.15) is 5.69 Å². The maximum absolute atomic E-state index is 4.72. The second kappa shape index (κ2) is 5.93. The van der Waals surface area contributed by atoms with E-state index in [1.54, 1.807) is 6.20 Å². The molecule has 0 fully saturated rings. The zero-order valence-electron chi connectivity index (χ0n) is 13.5. The number of fused-ring (bicyclic) bond motifs is 1. The highest BCUT2D eigenvalue weighted by atomic mass is 32.2. The normalized spacial score (nSPS) is 13.3. The molecule has 0 saturated carbocycles. The Balaban J connectivity index is 1.47. The smallest absolute Gasteiger partial charge is 0.168 e. The van der Waals surface area contributed by atoms with E-state index in [2.05, 4.69) is 37.5 Å². The highest BCUT2D eigenvalue weighted by Gasteiger charge is 2.15. The molecule has 7 heteroatoms. The van der Waals surface area contributed by atoms with Gasteiger partial charge in [0.25, 0.3) is 0 Å². The summed E-state index contributed by atoms with van der Waals surface area (Å²) in [6.07, 6.45) is 9.72. The molecule has 0 radical (unpaired) electrons. The summed E-state index contributed by atoms with van der Waals surface area (Å²) >= 11 is 1.82. The van der Waals surface area contributed by atoms with Crippen molar-refractivity contribution in [3.8, 4) is 17.1 Å². The van der Waals surface area contributed by atoms with Crippen LogP contribution in [0.25, 0.3) is 17.1 Å². The summed E-state index contributed by atoms with van der Waals surface area (Å²) in [5, 5.41) is 5.42. The lowest BCUT2D eigenvalue weighted by molar-refractivity contribution is 0.719. The van der Waals surface area contributed by atoms with Crippen LogP contribution < -0.4 is 0 Å². The average molecular weight is 348 g/mol. The number of thioether (sulfide) groups is 1. The largest absolute Gasteiger partial charge is 0.325 e. The van der Waals surface area contributed by atoms with Crippen molar-refractivity contribution < 1.29 is 0 Å². The third kappa shape index (κ3) is 2.66. The Hall–Kier alpha value is -2.80. The van der Waals surface area contributed by atoms with Gasteiger partial charge in [0.2, 0.25) is 0 Å². The molecule has 25 heavy (non-hydrogen) atoms. The van der Waals surface area contributed by atoms with E-state index in [-0.39, 0.29) is 0 Å². The van der Waals surface area contributed by atoms with Gasteiger partial charge in [0.15, 0.2) is 5.16 Å². The molecule has 0 aliphatic carbocycles. The lowest BCUT2D eigenvalue weighted by Gasteiger charge is -2.08. The fourth-order valence-electron chi connectivity index (χ4n) is 3.12. The number of rotatable bonds is 4. The topological polar surface area (TPSA) is 53.5 Å². The summed E-state index contributed by atoms with van der Waals surface area (Å²) in [6, 6.07) is 10.2. The highest BCUT2D eigenvalue weighted by Crippen LogP contribution is 2.26. The number of hydrogen-bond donors (Lipinski definition) is 0. The number of imidazole rings is 2. The SMILES string of the molecule is c1cc(-c2nccn2Cc2cn3c(n2)SCC3)cc(-n2cccn2)c1. The molecule has 4 heterocycles. The van der Waals surface area contributed by atoms with Gasteiger partial charge in [-0.2, -0.15) is 5.10 Å². The Morgan fingerprint density at radius 1 is 1.12 bits per heavy atom. The Bertz CT molecular complexity index is 993. The molecule has 1 aliphatic rings. The third-order valence-corrected chi connectivity index (χ3v) is 5.24. The summed E-state index contributed by atoms with van der Waals surface area (Å²) < 4.78 is 6.23. The Kier molecular flexibility index (Phi) is 3.45. The number of benzene rings is 1. The van der Waals surface area contributed by atoms with Crippen molar-refractivity contribution in [1.82, 2.24) is 28.9 Å². The molecule has 5 rings (SSSR count). The Morgan fingerprint density at radius 3 is 3.00 bits per heavy atom. The molecule has 1 aromatic carbocycles. The molecule has 0 saturated heterocycles. The monoisotopic (exact) mass is 348 g/mol. The van der Waals surface area contributed by atoms with Gasteiger partial charge in [0.1, 0.15) is 5.82 Å². The summed E-state index contributed by atoms with van der Waals surface area (Å²) in [4.78, 5) is 9.28. The molecule has 124 valence electrons. The van der Waals surface area contributed by atoms with E-state index in [1.807, 2.05) is 53.2 Å². The Labute approximate surface area is 149 Å². The number of nitrogens with zero attached hydrogens (tertiary/aromatic N) is 6. The van der Waals surface area contributed by atoms with Crippen LogP contribution in [0.15, 0.2) is 66.5 Å². The second-order valence-electron chi connectivity index (χ2n) is 5.94. The number of hydrogen-bond acceptors (Lipinski definition) is 4. The van der Waals surface area contributed by atoms with E-state index < -0.39 is 0 Å². The predicted octanol–water partition coefficient (Wildman–Crippen LogP) is 3.09. The van der Waals surface area contributed by atoms with Crippen molar-refractivity contribution in [3.05, 3.63) is 67.0 Å². The van der Waals surface area contributed by atoms with Crippen LogP contribution in [0.2, 0.25) is 0 Å². The molecule has 0 unspecified atom stereocenters. The minimum Gasteiger partial charge on any atom is -0.325 e. The lowest BCUT2D eigenvalue weighted by Crippen LogP contribution is -2.02. The second-order valence-corrected chi connectivity index (χ2v) is 7.00. The van der Waals surface area contributed by atoms with Crippen molar-refractivity contribution in [1.29, 1.82) is 0 Å². The molecule has 0 N–H and O–H groups in total. The fourth-order valence-corrected chi connectivity index (χ4v) is 4.08. The van der Waals surface area contributed by atoms with Crippen LogP contribution in [-0.4, -0.2) is 34.6 Å². The van der Waals surface area contributed by atoms with Gasteiger partial charge in [0, 0.05) is 48.8 Å². The quantitative estimate of drug-likeness (QED) is 0.569. The minimum atomic E-state index is 0.724. The van der Waals surface area contributed by atoms with Gasteiger partial charge in [-0.1, -0.05) is 23.9 Å². The molecule has 6 nitrogen and oxygen atoms in total. The molecule has 1 aliphatic heterocycles. The minimum absolute atomic E-state index is 0.724. The van der Waals surface area contributed by atoms with Crippen molar-refractivity contribution in [2.45, 2.75) is 18.2 Å². The van der Waals surface area contributed by atoms with E-state index in [0.29, 0.717) is 0 Å². The summed E-state index contributed by atoms with van der Waals surface area (Å²) in [5.74, 6) is 2.06. The zero-order valence-corrected chi connectivity index (χ0v) is 14.3. The summed E-state index contributed by atoms with van der Waals surface area (Å²) in [5.41, 5.74) is 3.17. The molecule has 4 aromatic rings. The van der Waals surface area contributed by atoms with Gasteiger partial charge in [-0.05, 0) is 18.2 Å². The zero-order chi connectivity index (χ0) is 16.6. The first-order valence-electron chi connectivity index (χ1n) is 8.17. The molecule has 0 amide bonds. The van der Waals surface area contributed by atoms with E-state index in [0.717, 1.165) is 46.8 Å². The lowest BCUT2D eigenvalue weighted by atomic mass is 10.2. The van der Waals surface area contributed by atoms with Crippen LogP contribution in [0.4, 0.5) is 0 Å². The maximum atomic E-state index is 4.72. The Morgan fingerprint density at radius 2 is 2.12 bits per heavy atom. The van der Waals surface area contributed by atoms with Crippen LogP contribution in [0.3, 0.4) is 0 Å².